The van der Waals surface area contributed by atoms with Crippen molar-refractivity contribution in [1.29, 1.82) is 0 Å². The summed E-state index contributed by atoms with van der Waals surface area (Å²) >= 11 is 0. The van der Waals surface area contributed by atoms with E-state index in [2.05, 4.69) is 15.5 Å². The summed E-state index contributed by atoms with van der Waals surface area (Å²) in [6.45, 7) is 2.02. The average Bonchev–Trinajstić information content (AvgIpc) is 3.28. The minimum absolute atomic E-state index is 0.136. The van der Waals surface area contributed by atoms with Gasteiger partial charge in [-0.15, -0.1) is 10.2 Å². The lowest BCUT2D eigenvalue weighted by atomic mass is 9.95. The number of carboxylic acids is 1. The van der Waals surface area contributed by atoms with E-state index in [1.165, 1.54) is 6.07 Å². The summed E-state index contributed by atoms with van der Waals surface area (Å²) in [6, 6.07) is 26.8. The quantitative estimate of drug-likeness (QED) is 0.378. The number of benzene rings is 4. The molecule has 0 atom stereocenters. The van der Waals surface area contributed by atoms with Gasteiger partial charge in [0.15, 0.2) is 0 Å². The van der Waals surface area contributed by atoms with E-state index in [-0.39, 0.29) is 11.5 Å². The van der Waals surface area contributed by atoms with E-state index >= 15 is 0 Å². The van der Waals surface area contributed by atoms with Crippen LogP contribution in [0.5, 0.6) is 0 Å². The third-order valence-corrected chi connectivity index (χ3v) is 5.52. The molecule has 0 bridgehead atoms. The molecule has 7 nitrogen and oxygen atoms in total. The third kappa shape index (κ3) is 4.02. The molecule has 166 valence electrons. The van der Waals surface area contributed by atoms with Crippen LogP contribution in [0.25, 0.3) is 27.8 Å². The highest BCUT2D eigenvalue weighted by atomic mass is 16.4. The molecule has 0 saturated heterocycles. The summed E-state index contributed by atoms with van der Waals surface area (Å²) < 4.78 is 0. The minimum Gasteiger partial charge on any atom is -0.478 e. The number of hydrogen-bond donors (Lipinski definition) is 2. The Labute approximate surface area is 195 Å². The van der Waals surface area contributed by atoms with Crippen molar-refractivity contribution >= 4 is 28.6 Å². The molecule has 0 spiro atoms. The Morgan fingerprint density at radius 3 is 2.09 bits per heavy atom. The minimum atomic E-state index is -1.05. The fourth-order valence-corrected chi connectivity index (χ4v) is 3.80. The van der Waals surface area contributed by atoms with E-state index in [0.29, 0.717) is 33.4 Å². The normalized spacial score (nSPS) is 10.9. The molecule has 0 saturated carbocycles. The first kappa shape index (κ1) is 21.1. The number of hydrogen-bond acceptors (Lipinski definition) is 4. The van der Waals surface area contributed by atoms with Crippen molar-refractivity contribution in [2.45, 2.75) is 6.92 Å². The van der Waals surface area contributed by atoms with Crippen molar-refractivity contribution in [2.24, 2.45) is 0 Å². The Morgan fingerprint density at radius 2 is 1.38 bits per heavy atom. The van der Waals surface area contributed by atoms with Crippen LogP contribution in [0, 0.1) is 6.92 Å². The van der Waals surface area contributed by atoms with Gasteiger partial charge >= 0.3 is 5.97 Å². The first-order chi connectivity index (χ1) is 16.5. The molecule has 0 aliphatic rings. The van der Waals surface area contributed by atoms with E-state index < -0.39 is 5.97 Å². The molecular weight excluding hydrogens is 428 g/mol. The van der Waals surface area contributed by atoms with Gasteiger partial charge in [0.2, 0.25) is 0 Å². The summed E-state index contributed by atoms with van der Waals surface area (Å²) in [4.78, 5) is 26.4. The number of carbonyl (C=O) groups is 2. The summed E-state index contributed by atoms with van der Waals surface area (Å²) in [7, 11) is 0. The van der Waals surface area contributed by atoms with Crippen LogP contribution in [0.3, 0.4) is 0 Å². The number of rotatable bonds is 5. The number of anilines is 1. The smallest absolute Gasteiger partial charge is 0.336 e. The second-order valence-electron chi connectivity index (χ2n) is 7.88. The van der Waals surface area contributed by atoms with Crippen LogP contribution >= 0.6 is 0 Å². The van der Waals surface area contributed by atoms with Gasteiger partial charge in [-0.05, 0) is 60.5 Å². The van der Waals surface area contributed by atoms with Crippen molar-refractivity contribution in [3.63, 3.8) is 0 Å². The fourth-order valence-electron chi connectivity index (χ4n) is 3.80. The van der Waals surface area contributed by atoms with Crippen LogP contribution < -0.4 is 5.32 Å². The standard InChI is InChI=1S/C27H20N4O3/c1-17-10-13-19(14-11-17)31-29-24-15-12-18(16-25(24)30-31)28-26(32)22-8-4-2-6-20(22)21-7-3-5-9-23(21)27(33)34/h2-16H,1H3,(H,28,32)(H,33,34). The van der Waals surface area contributed by atoms with Gasteiger partial charge in [0.05, 0.1) is 11.3 Å². The molecule has 4 aromatic carbocycles. The Bertz CT molecular complexity index is 1540. The van der Waals surface area contributed by atoms with Crippen molar-refractivity contribution in [2.75, 3.05) is 5.32 Å². The highest BCUT2D eigenvalue weighted by molar-refractivity contribution is 6.10. The number of amides is 1. The van der Waals surface area contributed by atoms with Gasteiger partial charge in [0.25, 0.3) is 5.91 Å². The zero-order chi connectivity index (χ0) is 23.7. The van der Waals surface area contributed by atoms with Gasteiger partial charge < -0.3 is 10.4 Å². The molecule has 0 radical (unpaired) electrons. The maximum absolute atomic E-state index is 13.2. The largest absolute Gasteiger partial charge is 0.478 e. The van der Waals surface area contributed by atoms with Crippen LogP contribution in [-0.2, 0) is 0 Å². The van der Waals surface area contributed by atoms with Crippen molar-refractivity contribution < 1.29 is 14.7 Å². The number of nitrogens with zero attached hydrogens (tertiary/aromatic N) is 3. The molecule has 5 rings (SSSR count). The predicted octanol–water partition coefficient (Wildman–Crippen LogP) is 5.35. The molecule has 1 amide bonds. The van der Waals surface area contributed by atoms with E-state index in [9.17, 15) is 14.7 Å². The van der Waals surface area contributed by atoms with Crippen LogP contribution in [0.4, 0.5) is 5.69 Å². The SMILES string of the molecule is Cc1ccc(-n2nc3ccc(NC(=O)c4ccccc4-c4ccccc4C(=O)O)cc3n2)cc1. The first-order valence-electron chi connectivity index (χ1n) is 10.7. The van der Waals surface area contributed by atoms with E-state index in [1.54, 1.807) is 65.5 Å². The highest BCUT2D eigenvalue weighted by Gasteiger charge is 2.18. The molecule has 0 fully saturated rings. The highest BCUT2D eigenvalue weighted by Crippen LogP contribution is 2.28. The summed E-state index contributed by atoms with van der Waals surface area (Å²) in [5.74, 6) is -1.39. The van der Waals surface area contributed by atoms with Crippen molar-refractivity contribution in [3.05, 3.63) is 108 Å². The summed E-state index contributed by atoms with van der Waals surface area (Å²) in [5.41, 5.74) is 5.44. The Kier molecular flexibility index (Phi) is 5.35. The van der Waals surface area contributed by atoms with Crippen LogP contribution in [-0.4, -0.2) is 32.0 Å². The Balaban J connectivity index is 1.46. The van der Waals surface area contributed by atoms with Crippen molar-refractivity contribution in [1.82, 2.24) is 15.0 Å². The molecule has 34 heavy (non-hydrogen) atoms. The van der Waals surface area contributed by atoms with E-state index in [4.69, 9.17) is 0 Å². The van der Waals surface area contributed by atoms with E-state index in [0.717, 1.165) is 11.3 Å². The second kappa shape index (κ2) is 8.63. The fraction of sp³-hybridized carbons (Fsp3) is 0.0370. The second-order valence-corrected chi connectivity index (χ2v) is 7.88. The van der Waals surface area contributed by atoms with Crippen molar-refractivity contribution in [3.8, 4) is 16.8 Å². The van der Waals surface area contributed by atoms with Gasteiger partial charge in [0.1, 0.15) is 11.0 Å². The van der Waals surface area contributed by atoms with Gasteiger partial charge in [-0.25, -0.2) is 4.79 Å². The molecule has 2 N–H and O–H groups in total. The lowest BCUT2D eigenvalue weighted by Crippen LogP contribution is -2.13. The van der Waals surface area contributed by atoms with Gasteiger partial charge in [0, 0.05) is 11.3 Å². The topological polar surface area (TPSA) is 97.1 Å². The Hall–Kier alpha value is -4.78. The Morgan fingerprint density at radius 1 is 0.765 bits per heavy atom. The number of carbonyl (C=O) groups excluding carboxylic acids is 1. The number of aromatic carboxylic acids is 1. The molecular formula is C27H20N4O3. The maximum Gasteiger partial charge on any atom is 0.336 e. The maximum atomic E-state index is 13.2. The molecule has 5 aromatic rings. The lowest BCUT2D eigenvalue weighted by molar-refractivity contribution is 0.0697. The van der Waals surface area contributed by atoms with Gasteiger partial charge in [-0.1, -0.05) is 54.1 Å². The molecule has 0 aliphatic heterocycles. The van der Waals surface area contributed by atoms with Gasteiger partial charge in [-0.2, -0.15) is 4.80 Å². The first-order valence-corrected chi connectivity index (χ1v) is 10.7. The average molecular weight is 448 g/mol. The summed E-state index contributed by atoms with van der Waals surface area (Å²) in [5, 5.41) is 21.5. The molecule has 1 heterocycles. The number of carboxylic acid groups (broad SMARTS) is 1. The number of nitrogens with one attached hydrogen (secondary N) is 1. The number of aromatic nitrogens is 3. The lowest BCUT2D eigenvalue weighted by Gasteiger charge is -2.12. The zero-order valence-electron chi connectivity index (χ0n) is 18.3. The van der Waals surface area contributed by atoms with E-state index in [1.807, 2.05) is 31.2 Å². The van der Waals surface area contributed by atoms with Crippen LogP contribution in [0.2, 0.25) is 0 Å². The number of aryl methyl sites for hydroxylation is 1. The summed E-state index contributed by atoms with van der Waals surface area (Å²) in [6.07, 6.45) is 0. The van der Waals surface area contributed by atoms with Crippen LogP contribution in [0.1, 0.15) is 26.3 Å². The van der Waals surface area contributed by atoms with Crippen LogP contribution in [0.15, 0.2) is 91.0 Å². The molecule has 7 heteroatoms. The molecule has 0 aliphatic carbocycles. The molecule has 1 aromatic heterocycles. The number of fused-ring (bicyclic) bond motifs is 1. The third-order valence-electron chi connectivity index (χ3n) is 5.52. The predicted molar refractivity (Wildman–Crippen MR) is 130 cm³/mol. The molecule has 0 unspecified atom stereocenters. The van der Waals surface area contributed by atoms with Gasteiger partial charge in [-0.3, -0.25) is 4.79 Å². The zero-order valence-corrected chi connectivity index (χ0v) is 18.3. The monoisotopic (exact) mass is 448 g/mol.